The van der Waals surface area contributed by atoms with E-state index in [1.54, 1.807) is 23.5 Å². The highest BCUT2D eigenvalue weighted by atomic mass is 32.1. The SMILES string of the molecule is COC(=O)c1cccc(-c2nc(CN3CC[C@H](O)C3)cs2)c1. The summed E-state index contributed by atoms with van der Waals surface area (Å²) in [5.74, 6) is -0.343. The van der Waals surface area contributed by atoms with Gasteiger partial charge in [-0.15, -0.1) is 11.3 Å². The van der Waals surface area contributed by atoms with Crippen LogP contribution in [-0.4, -0.2) is 47.3 Å². The Morgan fingerprint density at radius 1 is 1.55 bits per heavy atom. The zero-order valence-corrected chi connectivity index (χ0v) is 13.2. The van der Waals surface area contributed by atoms with Crippen LogP contribution in [0, 0.1) is 0 Å². The van der Waals surface area contributed by atoms with E-state index in [-0.39, 0.29) is 12.1 Å². The number of carbonyl (C=O) groups excluding carboxylic acids is 1. The second-order valence-corrected chi connectivity index (χ2v) is 6.25. The molecule has 22 heavy (non-hydrogen) atoms. The summed E-state index contributed by atoms with van der Waals surface area (Å²) in [6, 6.07) is 7.30. The van der Waals surface area contributed by atoms with Crippen LogP contribution in [0.15, 0.2) is 29.6 Å². The Hall–Kier alpha value is -1.76. The van der Waals surface area contributed by atoms with E-state index in [9.17, 15) is 9.90 Å². The minimum Gasteiger partial charge on any atom is -0.465 e. The Kier molecular flexibility index (Phi) is 4.52. The third kappa shape index (κ3) is 3.35. The molecule has 1 aromatic carbocycles. The fraction of sp³-hybridized carbons (Fsp3) is 0.375. The summed E-state index contributed by atoms with van der Waals surface area (Å²) < 4.78 is 4.74. The van der Waals surface area contributed by atoms with E-state index in [1.807, 2.05) is 17.5 Å². The third-order valence-corrected chi connectivity index (χ3v) is 4.66. The molecule has 5 nitrogen and oxygen atoms in total. The van der Waals surface area contributed by atoms with Gasteiger partial charge in [0.25, 0.3) is 0 Å². The van der Waals surface area contributed by atoms with E-state index in [1.165, 1.54) is 7.11 Å². The van der Waals surface area contributed by atoms with Gasteiger partial charge in [-0.1, -0.05) is 12.1 Å². The lowest BCUT2D eigenvalue weighted by molar-refractivity contribution is 0.0601. The first kappa shape index (κ1) is 15.1. The van der Waals surface area contributed by atoms with Crippen molar-refractivity contribution in [2.45, 2.75) is 19.1 Å². The standard InChI is InChI=1S/C16H18N2O3S/c1-21-16(20)12-4-2-3-11(7-12)15-17-13(10-22-15)8-18-6-5-14(19)9-18/h2-4,7,10,14,19H,5-6,8-9H2,1H3/t14-/m0/s1. The van der Waals surface area contributed by atoms with Crippen LogP contribution >= 0.6 is 11.3 Å². The number of aliphatic hydroxyl groups excluding tert-OH is 1. The molecule has 0 saturated carbocycles. The van der Waals surface area contributed by atoms with E-state index < -0.39 is 0 Å². The molecule has 2 heterocycles. The number of aromatic nitrogens is 1. The largest absolute Gasteiger partial charge is 0.465 e. The summed E-state index contributed by atoms with van der Waals surface area (Å²) in [4.78, 5) is 18.4. The quantitative estimate of drug-likeness (QED) is 0.875. The molecule has 1 aliphatic rings. The maximum atomic E-state index is 11.6. The fourth-order valence-corrected chi connectivity index (χ4v) is 3.40. The Morgan fingerprint density at radius 3 is 3.14 bits per heavy atom. The first-order valence-electron chi connectivity index (χ1n) is 7.19. The molecule has 3 rings (SSSR count). The van der Waals surface area contributed by atoms with Crippen molar-refractivity contribution in [3.05, 3.63) is 40.9 Å². The van der Waals surface area contributed by atoms with E-state index >= 15 is 0 Å². The second kappa shape index (κ2) is 6.56. The van der Waals surface area contributed by atoms with Crippen LogP contribution in [0.1, 0.15) is 22.5 Å². The minimum atomic E-state index is -0.343. The summed E-state index contributed by atoms with van der Waals surface area (Å²) in [5, 5.41) is 12.5. The topological polar surface area (TPSA) is 62.7 Å². The maximum Gasteiger partial charge on any atom is 0.337 e. The summed E-state index contributed by atoms with van der Waals surface area (Å²) in [6.45, 7) is 2.38. The van der Waals surface area contributed by atoms with Crippen LogP contribution in [0.3, 0.4) is 0 Å². The van der Waals surface area contributed by atoms with Gasteiger partial charge in [-0.05, 0) is 18.6 Å². The lowest BCUT2D eigenvalue weighted by Crippen LogP contribution is -2.21. The van der Waals surface area contributed by atoms with Crippen LogP contribution in [-0.2, 0) is 11.3 Å². The zero-order chi connectivity index (χ0) is 15.5. The summed E-state index contributed by atoms with van der Waals surface area (Å²) in [5.41, 5.74) is 2.44. The Bertz CT molecular complexity index is 671. The number of hydrogen-bond acceptors (Lipinski definition) is 6. The predicted molar refractivity (Wildman–Crippen MR) is 84.8 cm³/mol. The number of β-amino-alcohol motifs (C(OH)–C–C–N with tert-alkyl or cyclic N) is 1. The number of hydrogen-bond donors (Lipinski definition) is 1. The highest BCUT2D eigenvalue weighted by Crippen LogP contribution is 2.26. The van der Waals surface area contributed by atoms with Gasteiger partial charge in [0.05, 0.1) is 24.5 Å². The lowest BCUT2D eigenvalue weighted by Gasteiger charge is -2.12. The molecule has 1 saturated heterocycles. The molecular weight excluding hydrogens is 300 g/mol. The van der Waals surface area contributed by atoms with Crippen molar-refractivity contribution in [3.8, 4) is 10.6 Å². The lowest BCUT2D eigenvalue weighted by atomic mass is 10.1. The Morgan fingerprint density at radius 2 is 2.41 bits per heavy atom. The molecule has 116 valence electrons. The number of likely N-dealkylation sites (tertiary alicyclic amines) is 1. The normalized spacial score (nSPS) is 18.5. The molecule has 1 fully saturated rings. The molecule has 1 aromatic heterocycles. The summed E-state index contributed by atoms with van der Waals surface area (Å²) in [6.07, 6.45) is 0.618. The van der Waals surface area contributed by atoms with Crippen molar-refractivity contribution in [2.24, 2.45) is 0 Å². The molecule has 0 spiro atoms. The number of ether oxygens (including phenoxy) is 1. The predicted octanol–water partition coefficient (Wildman–Crippen LogP) is 2.16. The van der Waals surface area contributed by atoms with Crippen molar-refractivity contribution < 1.29 is 14.6 Å². The van der Waals surface area contributed by atoms with E-state index in [4.69, 9.17) is 4.74 Å². The van der Waals surface area contributed by atoms with Crippen LogP contribution in [0.25, 0.3) is 10.6 Å². The summed E-state index contributed by atoms with van der Waals surface area (Å²) >= 11 is 1.56. The first-order valence-corrected chi connectivity index (χ1v) is 8.07. The minimum absolute atomic E-state index is 0.213. The number of methoxy groups -OCH3 is 1. The average Bonchev–Trinajstić information content (AvgIpc) is 3.16. The van der Waals surface area contributed by atoms with Crippen molar-refractivity contribution >= 4 is 17.3 Å². The molecule has 1 atom stereocenters. The molecule has 0 aliphatic carbocycles. The van der Waals surface area contributed by atoms with E-state index in [0.717, 1.165) is 35.8 Å². The number of nitrogens with zero attached hydrogens (tertiary/aromatic N) is 2. The highest BCUT2D eigenvalue weighted by Gasteiger charge is 2.21. The van der Waals surface area contributed by atoms with Gasteiger partial charge in [0.2, 0.25) is 0 Å². The monoisotopic (exact) mass is 318 g/mol. The van der Waals surface area contributed by atoms with Crippen LogP contribution in [0.4, 0.5) is 0 Å². The van der Waals surface area contributed by atoms with Gasteiger partial charge in [0, 0.05) is 30.6 Å². The molecule has 1 N–H and O–H groups in total. The highest BCUT2D eigenvalue weighted by molar-refractivity contribution is 7.13. The molecule has 2 aromatic rings. The zero-order valence-electron chi connectivity index (χ0n) is 12.4. The van der Waals surface area contributed by atoms with Crippen molar-refractivity contribution in [3.63, 3.8) is 0 Å². The molecule has 1 aliphatic heterocycles. The van der Waals surface area contributed by atoms with Crippen LogP contribution in [0.5, 0.6) is 0 Å². The van der Waals surface area contributed by atoms with E-state index in [0.29, 0.717) is 12.1 Å². The van der Waals surface area contributed by atoms with E-state index in [2.05, 4.69) is 9.88 Å². The Labute approximate surface area is 133 Å². The van der Waals surface area contributed by atoms with Gasteiger partial charge in [-0.2, -0.15) is 0 Å². The third-order valence-electron chi connectivity index (χ3n) is 3.72. The number of aliphatic hydroxyl groups is 1. The average molecular weight is 318 g/mol. The van der Waals surface area contributed by atoms with Gasteiger partial charge in [-0.3, -0.25) is 4.90 Å². The summed E-state index contributed by atoms with van der Waals surface area (Å²) in [7, 11) is 1.38. The maximum absolute atomic E-state index is 11.6. The number of rotatable bonds is 4. The number of esters is 1. The van der Waals surface area contributed by atoms with Crippen LogP contribution < -0.4 is 0 Å². The van der Waals surface area contributed by atoms with Crippen molar-refractivity contribution in [1.82, 2.24) is 9.88 Å². The molecule has 0 radical (unpaired) electrons. The van der Waals surface area contributed by atoms with Crippen molar-refractivity contribution in [2.75, 3.05) is 20.2 Å². The van der Waals surface area contributed by atoms with Gasteiger partial charge in [-0.25, -0.2) is 9.78 Å². The van der Waals surface area contributed by atoms with Crippen molar-refractivity contribution in [1.29, 1.82) is 0 Å². The van der Waals surface area contributed by atoms with Gasteiger partial charge < -0.3 is 9.84 Å². The smallest absolute Gasteiger partial charge is 0.337 e. The molecule has 0 amide bonds. The molecule has 0 unspecified atom stereocenters. The second-order valence-electron chi connectivity index (χ2n) is 5.39. The molecular formula is C16H18N2O3S. The Balaban J connectivity index is 1.74. The van der Waals surface area contributed by atoms with Crippen LogP contribution in [0.2, 0.25) is 0 Å². The molecule has 0 bridgehead atoms. The van der Waals surface area contributed by atoms with Gasteiger partial charge in [0.1, 0.15) is 5.01 Å². The number of benzene rings is 1. The molecule has 6 heteroatoms. The number of carbonyl (C=O) groups is 1. The van der Waals surface area contributed by atoms with Gasteiger partial charge >= 0.3 is 5.97 Å². The van der Waals surface area contributed by atoms with Gasteiger partial charge in [0.15, 0.2) is 0 Å². The first-order chi connectivity index (χ1) is 10.7. The number of thiazole rings is 1. The fourth-order valence-electron chi connectivity index (χ4n) is 2.59.